The van der Waals surface area contributed by atoms with E-state index in [0.717, 1.165) is 12.1 Å². The third-order valence-electron chi connectivity index (χ3n) is 2.24. The van der Waals surface area contributed by atoms with E-state index in [1.807, 2.05) is 0 Å². The summed E-state index contributed by atoms with van der Waals surface area (Å²) >= 11 is 0. The summed E-state index contributed by atoms with van der Waals surface area (Å²) in [5, 5.41) is 12.9. The van der Waals surface area contributed by atoms with Crippen LogP contribution in [-0.2, 0) is 10.0 Å². The van der Waals surface area contributed by atoms with Gasteiger partial charge in [0, 0.05) is 6.07 Å². The van der Waals surface area contributed by atoms with Gasteiger partial charge in [0.15, 0.2) is 5.75 Å². The van der Waals surface area contributed by atoms with E-state index in [1.165, 1.54) is 7.11 Å². The van der Waals surface area contributed by atoms with Crippen molar-refractivity contribution in [3.05, 3.63) is 22.2 Å². The molecule has 0 unspecified atom stereocenters. The number of carbonyl (C=O) groups excluding carboxylic acids is 1. The van der Waals surface area contributed by atoms with E-state index in [4.69, 9.17) is 4.74 Å². The van der Waals surface area contributed by atoms with E-state index in [9.17, 15) is 23.3 Å². The summed E-state index contributed by atoms with van der Waals surface area (Å²) in [4.78, 5) is 20.7. The number of nitrogens with zero attached hydrogens (tertiary/aromatic N) is 1. The molecule has 2 amide bonds. The SMILES string of the molecule is COc1cc([N+](=O)[O-])cc2c1NC(=O)NS2(=O)=O. The number of urea groups is 1. The van der Waals surface area contributed by atoms with Crippen LogP contribution in [0.25, 0.3) is 0 Å². The molecule has 1 aliphatic rings. The van der Waals surface area contributed by atoms with E-state index < -0.39 is 31.6 Å². The highest BCUT2D eigenvalue weighted by Gasteiger charge is 2.32. The second kappa shape index (κ2) is 3.84. The molecular weight excluding hydrogens is 266 g/mol. The van der Waals surface area contributed by atoms with Crippen molar-refractivity contribution in [1.29, 1.82) is 0 Å². The van der Waals surface area contributed by atoms with E-state index in [0.29, 0.717) is 0 Å². The van der Waals surface area contributed by atoms with Gasteiger partial charge in [-0.05, 0) is 0 Å². The third kappa shape index (κ3) is 1.82. The van der Waals surface area contributed by atoms with Crippen LogP contribution >= 0.6 is 0 Å². The molecule has 1 heterocycles. The number of nitro benzene ring substituents is 1. The number of rotatable bonds is 2. The molecule has 0 radical (unpaired) electrons. The monoisotopic (exact) mass is 273 g/mol. The van der Waals surface area contributed by atoms with Gasteiger partial charge in [0.2, 0.25) is 0 Å². The normalized spacial score (nSPS) is 16.2. The van der Waals surface area contributed by atoms with Crippen molar-refractivity contribution in [3.8, 4) is 5.75 Å². The van der Waals surface area contributed by atoms with Crippen LogP contribution in [0, 0.1) is 10.1 Å². The van der Waals surface area contributed by atoms with Gasteiger partial charge in [-0.2, -0.15) is 0 Å². The lowest BCUT2D eigenvalue weighted by Gasteiger charge is -2.20. The summed E-state index contributed by atoms with van der Waals surface area (Å²) in [6, 6.07) is 0.925. The Morgan fingerprint density at radius 3 is 2.61 bits per heavy atom. The molecule has 0 aromatic heterocycles. The molecule has 0 spiro atoms. The van der Waals surface area contributed by atoms with Gasteiger partial charge in [0.25, 0.3) is 15.7 Å². The smallest absolute Gasteiger partial charge is 0.333 e. The third-order valence-corrected chi connectivity index (χ3v) is 3.59. The Hall–Kier alpha value is -2.36. The standard InChI is InChI=1S/C8H7N3O6S/c1-17-5-2-4(11(13)14)3-6-7(5)9-8(12)10-18(6,15)16/h2-3H,1H3,(H2,9,10,12). The number of benzene rings is 1. The van der Waals surface area contributed by atoms with Crippen LogP contribution in [0.4, 0.5) is 16.2 Å². The number of nitrogens with one attached hydrogen (secondary N) is 2. The number of amides is 2. The van der Waals surface area contributed by atoms with E-state index >= 15 is 0 Å². The maximum atomic E-state index is 11.7. The van der Waals surface area contributed by atoms with Crippen LogP contribution in [-0.4, -0.2) is 26.5 Å². The average Bonchev–Trinajstić information content (AvgIpc) is 2.26. The van der Waals surface area contributed by atoms with Gasteiger partial charge in [-0.3, -0.25) is 10.1 Å². The predicted octanol–water partition coefficient (Wildman–Crippen LogP) is 0.427. The lowest BCUT2D eigenvalue weighted by atomic mass is 10.2. The van der Waals surface area contributed by atoms with Crippen molar-refractivity contribution in [2.45, 2.75) is 4.90 Å². The first-order chi connectivity index (χ1) is 8.35. The number of carbonyl (C=O) groups is 1. The Balaban J connectivity index is 2.78. The highest BCUT2D eigenvalue weighted by Crippen LogP contribution is 2.37. The largest absolute Gasteiger partial charge is 0.494 e. The summed E-state index contributed by atoms with van der Waals surface area (Å²) in [6.07, 6.45) is 0. The van der Waals surface area contributed by atoms with Gasteiger partial charge >= 0.3 is 6.03 Å². The van der Waals surface area contributed by atoms with Gasteiger partial charge in [-0.15, -0.1) is 0 Å². The van der Waals surface area contributed by atoms with E-state index in [-0.39, 0.29) is 11.4 Å². The lowest BCUT2D eigenvalue weighted by molar-refractivity contribution is -0.385. The molecule has 18 heavy (non-hydrogen) atoms. The highest BCUT2D eigenvalue weighted by atomic mass is 32.2. The molecule has 1 aromatic rings. The molecule has 1 aliphatic heterocycles. The average molecular weight is 273 g/mol. The summed E-state index contributed by atoms with van der Waals surface area (Å²) in [5.41, 5.74) is -0.570. The molecule has 0 saturated carbocycles. The first-order valence-corrected chi connectivity index (χ1v) is 6.03. The van der Waals surface area contributed by atoms with Gasteiger partial charge in [0.1, 0.15) is 10.6 Å². The van der Waals surface area contributed by atoms with Gasteiger partial charge in [-0.25, -0.2) is 17.9 Å². The zero-order valence-corrected chi connectivity index (χ0v) is 9.78. The number of ether oxygens (including phenoxy) is 1. The number of fused-ring (bicyclic) bond motifs is 1. The second-order valence-corrected chi connectivity index (χ2v) is 4.99. The summed E-state index contributed by atoms with van der Waals surface area (Å²) in [7, 11) is -2.92. The highest BCUT2D eigenvalue weighted by molar-refractivity contribution is 7.90. The molecular formula is C8H7N3O6S. The Morgan fingerprint density at radius 1 is 1.39 bits per heavy atom. The fourth-order valence-electron chi connectivity index (χ4n) is 1.49. The van der Waals surface area contributed by atoms with Crippen molar-refractivity contribution >= 4 is 27.4 Å². The zero-order chi connectivity index (χ0) is 13.5. The second-order valence-electron chi connectivity index (χ2n) is 3.34. The van der Waals surface area contributed by atoms with E-state index in [1.54, 1.807) is 4.72 Å². The Morgan fingerprint density at radius 2 is 2.06 bits per heavy atom. The number of non-ortho nitro benzene ring substituents is 1. The topological polar surface area (TPSA) is 128 Å². The molecule has 0 atom stereocenters. The van der Waals surface area contributed by atoms with Crippen LogP contribution < -0.4 is 14.8 Å². The number of hydrogen-bond donors (Lipinski definition) is 2. The number of nitro groups is 1. The minimum Gasteiger partial charge on any atom is -0.494 e. The predicted molar refractivity (Wildman–Crippen MR) is 59.0 cm³/mol. The van der Waals surface area contributed by atoms with Crippen LogP contribution in [0.15, 0.2) is 17.0 Å². The lowest BCUT2D eigenvalue weighted by Crippen LogP contribution is -2.39. The number of sulfonamides is 1. The van der Waals surface area contributed by atoms with Crippen molar-refractivity contribution in [2.24, 2.45) is 0 Å². The van der Waals surface area contributed by atoms with Crippen molar-refractivity contribution in [2.75, 3.05) is 12.4 Å². The fourth-order valence-corrected chi connectivity index (χ4v) is 2.59. The first kappa shape index (κ1) is 12.1. The van der Waals surface area contributed by atoms with Crippen LogP contribution in [0.3, 0.4) is 0 Å². The number of anilines is 1. The van der Waals surface area contributed by atoms with Crippen molar-refractivity contribution in [1.82, 2.24) is 4.72 Å². The summed E-state index contributed by atoms with van der Waals surface area (Å²) in [5.74, 6) is -0.0994. The minimum atomic E-state index is -4.13. The molecule has 9 nitrogen and oxygen atoms in total. The minimum absolute atomic E-state index is 0.0994. The van der Waals surface area contributed by atoms with Crippen LogP contribution in [0.2, 0.25) is 0 Å². The Labute approximate surface area is 101 Å². The molecule has 96 valence electrons. The van der Waals surface area contributed by atoms with Gasteiger partial charge in [-0.1, -0.05) is 0 Å². The number of methoxy groups -OCH3 is 1. The quantitative estimate of drug-likeness (QED) is 0.594. The molecule has 2 rings (SSSR count). The Kier molecular flexibility index (Phi) is 2.58. The summed E-state index contributed by atoms with van der Waals surface area (Å²) in [6.45, 7) is 0. The van der Waals surface area contributed by atoms with Crippen molar-refractivity contribution in [3.63, 3.8) is 0 Å². The van der Waals surface area contributed by atoms with Gasteiger partial charge in [0.05, 0.1) is 18.1 Å². The molecule has 0 aliphatic carbocycles. The van der Waals surface area contributed by atoms with Crippen molar-refractivity contribution < 1.29 is 22.9 Å². The van der Waals surface area contributed by atoms with Gasteiger partial charge < -0.3 is 10.1 Å². The van der Waals surface area contributed by atoms with E-state index in [2.05, 4.69) is 5.32 Å². The first-order valence-electron chi connectivity index (χ1n) is 4.55. The van der Waals surface area contributed by atoms with Crippen LogP contribution in [0.1, 0.15) is 0 Å². The number of hydrogen-bond acceptors (Lipinski definition) is 6. The zero-order valence-electron chi connectivity index (χ0n) is 8.96. The maximum Gasteiger partial charge on any atom is 0.333 e. The maximum absolute atomic E-state index is 11.7. The van der Waals surface area contributed by atoms with Crippen LogP contribution in [0.5, 0.6) is 5.75 Å². The molecule has 10 heteroatoms. The molecule has 0 bridgehead atoms. The Bertz CT molecular complexity index is 653. The molecule has 2 N–H and O–H groups in total. The molecule has 1 aromatic carbocycles. The molecule has 0 fully saturated rings. The molecule has 0 saturated heterocycles. The fraction of sp³-hybridized carbons (Fsp3) is 0.125. The summed E-state index contributed by atoms with van der Waals surface area (Å²) < 4.78 is 29.9.